The summed E-state index contributed by atoms with van der Waals surface area (Å²) in [7, 11) is 6.37. The van der Waals surface area contributed by atoms with E-state index in [1.54, 1.807) is 28.4 Å². The first-order valence-corrected chi connectivity index (χ1v) is 13.4. The van der Waals surface area contributed by atoms with Crippen molar-refractivity contribution >= 4 is 23.1 Å². The van der Waals surface area contributed by atoms with Crippen molar-refractivity contribution in [1.82, 2.24) is 4.57 Å². The molecular weight excluding hydrogens is 512 g/mol. The summed E-state index contributed by atoms with van der Waals surface area (Å²) in [6.45, 7) is 0. The van der Waals surface area contributed by atoms with Crippen LogP contribution in [-0.2, 0) is 6.42 Å². The Balaban J connectivity index is 1.58. The number of nitrogens with zero attached hydrogens (tertiary/aromatic N) is 2. The van der Waals surface area contributed by atoms with Crippen LogP contribution in [0.15, 0.2) is 76.0 Å². The highest BCUT2D eigenvalue weighted by molar-refractivity contribution is 7.07. The lowest BCUT2D eigenvalue weighted by molar-refractivity contribution is 0.324. The molecule has 1 atom stereocenters. The second-order valence-electron chi connectivity index (χ2n) is 9.35. The van der Waals surface area contributed by atoms with E-state index in [0.29, 0.717) is 26.6 Å². The summed E-state index contributed by atoms with van der Waals surface area (Å²) >= 11 is 1.39. The summed E-state index contributed by atoms with van der Waals surface area (Å²) < 4.78 is 24.3. The Morgan fingerprint density at radius 1 is 0.897 bits per heavy atom. The van der Waals surface area contributed by atoms with Crippen LogP contribution < -0.4 is 33.8 Å². The Morgan fingerprint density at radius 3 is 2.28 bits per heavy atom. The van der Waals surface area contributed by atoms with Crippen LogP contribution in [0, 0.1) is 0 Å². The third-order valence-electron chi connectivity index (χ3n) is 7.29. The normalized spacial score (nSPS) is 16.1. The number of hydrogen-bond donors (Lipinski definition) is 0. The summed E-state index contributed by atoms with van der Waals surface area (Å²) in [5, 5.41) is 0. The molecule has 1 aliphatic heterocycles. The van der Waals surface area contributed by atoms with Gasteiger partial charge in [-0.2, -0.15) is 0 Å². The third kappa shape index (κ3) is 4.21. The first kappa shape index (κ1) is 25.0. The Morgan fingerprint density at radius 2 is 1.62 bits per heavy atom. The SMILES string of the molecule is COc1ccc(C2C3=C(N=c4s/c(=C/c5cc(OC)c(OC)c(OC)c5)c(=O)n42)c2ccccc2CC3)cc1. The molecule has 39 heavy (non-hydrogen) atoms. The average Bonchev–Trinajstić information content (AvgIpc) is 3.29. The summed E-state index contributed by atoms with van der Waals surface area (Å²) in [6, 6.07) is 19.8. The number of thiazole rings is 1. The molecular formula is C31H28N2O5S. The van der Waals surface area contributed by atoms with E-state index < -0.39 is 0 Å². The zero-order valence-corrected chi connectivity index (χ0v) is 23.0. The van der Waals surface area contributed by atoms with Gasteiger partial charge in [-0.3, -0.25) is 9.36 Å². The van der Waals surface area contributed by atoms with Gasteiger partial charge in [0.25, 0.3) is 5.56 Å². The molecule has 8 heteroatoms. The van der Waals surface area contributed by atoms with E-state index in [0.717, 1.165) is 46.6 Å². The lowest BCUT2D eigenvalue weighted by atomic mass is 9.83. The van der Waals surface area contributed by atoms with Crippen molar-refractivity contribution < 1.29 is 18.9 Å². The number of fused-ring (bicyclic) bond motifs is 3. The molecule has 0 spiro atoms. The van der Waals surface area contributed by atoms with Crippen molar-refractivity contribution in [2.45, 2.75) is 18.9 Å². The van der Waals surface area contributed by atoms with Crippen molar-refractivity contribution in [3.63, 3.8) is 0 Å². The average molecular weight is 541 g/mol. The topological polar surface area (TPSA) is 71.3 Å². The van der Waals surface area contributed by atoms with Crippen LogP contribution in [0.4, 0.5) is 0 Å². The maximum absolute atomic E-state index is 14.0. The third-order valence-corrected chi connectivity index (χ3v) is 8.27. The zero-order valence-electron chi connectivity index (χ0n) is 22.2. The van der Waals surface area contributed by atoms with Gasteiger partial charge < -0.3 is 18.9 Å². The highest BCUT2D eigenvalue weighted by atomic mass is 32.1. The van der Waals surface area contributed by atoms with Gasteiger partial charge in [0.15, 0.2) is 16.3 Å². The molecule has 3 aromatic carbocycles. The van der Waals surface area contributed by atoms with Crippen LogP contribution in [0.2, 0.25) is 0 Å². The monoisotopic (exact) mass is 540 g/mol. The molecule has 7 nitrogen and oxygen atoms in total. The predicted octanol–water partition coefficient (Wildman–Crippen LogP) is 4.35. The van der Waals surface area contributed by atoms with Crippen LogP contribution in [0.3, 0.4) is 0 Å². The number of allylic oxidation sites excluding steroid dienone is 1. The molecule has 0 amide bonds. The Hall–Kier alpha value is -4.30. The Labute approximate surface area is 229 Å². The van der Waals surface area contributed by atoms with Crippen LogP contribution in [0.25, 0.3) is 11.8 Å². The minimum atomic E-state index is -0.252. The first-order chi connectivity index (χ1) is 19.1. The summed E-state index contributed by atoms with van der Waals surface area (Å²) in [4.78, 5) is 19.8. The molecule has 0 saturated carbocycles. The molecule has 0 saturated heterocycles. The molecule has 1 aromatic heterocycles. The molecule has 2 aliphatic rings. The molecule has 0 fully saturated rings. The van der Waals surface area contributed by atoms with Gasteiger partial charge in [-0.05, 0) is 65.4 Å². The van der Waals surface area contributed by atoms with Gasteiger partial charge in [0.2, 0.25) is 5.75 Å². The molecule has 0 N–H and O–H groups in total. The minimum Gasteiger partial charge on any atom is -0.497 e. The van der Waals surface area contributed by atoms with Crippen molar-refractivity contribution in [2.24, 2.45) is 4.99 Å². The fraction of sp³-hybridized carbons (Fsp3) is 0.226. The van der Waals surface area contributed by atoms with Gasteiger partial charge in [-0.15, -0.1) is 0 Å². The highest BCUT2D eigenvalue weighted by Crippen LogP contribution is 2.42. The van der Waals surface area contributed by atoms with Crippen LogP contribution in [0.5, 0.6) is 23.0 Å². The number of rotatable bonds is 6. The number of aromatic nitrogens is 1. The van der Waals surface area contributed by atoms with Gasteiger partial charge in [-0.1, -0.05) is 47.7 Å². The van der Waals surface area contributed by atoms with Gasteiger partial charge in [0.1, 0.15) is 5.75 Å². The second kappa shape index (κ2) is 10.1. The van der Waals surface area contributed by atoms with Crippen LogP contribution >= 0.6 is 11.3 Å². The molecule has 6 rings (SSSR count). The number of methoxy groups -OCH3 is 4. The quantitative estimate of drug-likeness (QED) is 0.364. The van der Waals surface area contributed by atoms with Gasteiger partial charge >= 0.3 is 0 Å². The smallest absolute Gasteiger partial charge is 0.271 e. The van der Waals surface area contributed by atoms with Crippen LogP contribution in [0.1, 0.15) is 34.7 Å². The van der Waals surface area contributed by atoms with Gasteiger partial charge in [-0.25, -0.2) is 4.99 Å². The van der Waals surface area contributed by atoms with Crippen molar-refractivity contribution in [3.05, 3.63) is 108 Å². The van der Waals surface area contributed by atoms with Gasteiger partial charge in [0.05, 0.1) is 44.7 Å². The zero-order chi connectivity index (χ0) is 27.1. The van der Waals surface area contributed by atoms with Crippen LogP contribution in [-0.4, -0.2) is 33.0 Å². The van der Waals surface area contributed by atoms with E-state index in [1.165, 1.54) is 16.9 Å². The number of aryl methyl sites for hydroxylation is 1. The van der Waals surface area contributed by atoms with Crippen molar-refractivity contribution in [2.75, 3.05) is 28.4 Å². The van der Waals surface area contributed by atoms with E-state index in [1.807, 2.05) is 53.1 Å². The number of benzene rings is 3. The molecule has 1 aliphatic carbocycles. The maximum atomic E-state index is 14.0. The Kier molecular flexibility index (Phi) is 6.48. The predicted molar refractivity (Wildman–Crippen MR) is 152 cm³/mol. The van der Waals surface area contributed by atoms with E-state index in [9.17, 15) is 4.79 Å². The molecule has 0 bridgehead atoms. The van der Waals surface area contributed by atoms with E-state index in [2.05, 4.69) is 18.2 Å². The minimum absolute atomic E-state index is 0.0845. The summed E-state index contributed by atoms with van der Waals surface area (Å²) in [5.41, 5.74) is 6.26. The largest absolute Gasteiger partial charge is 0.497 e. The molecule has 2 heterocycles. The molecule has 198 valence electrons. The lowest BCUT2D eigenvalue weighted by Gasteiger charge is -2.30. The van der Waals surface area contributed by atoms with Crippen molar-refractivity contribution in [3.8, 4) is 23.0 Å². The summed E-state index contributed by atoms with van der Waals surface area (Å²) in [5.74, 6) is 2.33. The van der Waals surface area contributed by atoms with E-state index in [-0.39, 0.29) is 11.6 Å². The maximum Gasteiger partial charge on any atom is 0.271 e. The number of ether oxygens (including phenoxy) is 4. The molecule has 4 aromatic rings. The summed E-state index contributed by atoms with van der Waals surface area (Å²) in [6.07, 6.45) is 3.60. The fourth-order valence-corrected chi connectivity index (χ4v) is 6.45. The lowest BCUT2D eigenvalue weighted by Crippen LogP contribution is -2.38. The fourth-order valence-electron chi connectivity index (χ4n) is 5.44. The number of hydrogen-bond acceptors (Lipinski definition) is 7. The van der Waals surface area contributed by atoms with Gasteiger partial charge in [0, 0.05) is 5.56 Å². The Bertz CT molecular complexity index is 1760. The second-order valence-corrected chi connectivity index (χ2v) is 10.4. The van der Waals surface area contributed by atoms with Crippen molar-refractivity contribution in [1.29, 1.82) is 0 Å². The van der Waals surface area contributed by atoms with E-state index in [4.69, 9.17) is 23.9 Å². The van der Waals surface area contributed by atoms with E-state index >= 15 is 0 Å². The molecule has 1 unspecified atom stereocenters. The standard InChI is InChI=1S/C31H28N2O5S/c1-35-21-12-9-20(10-13-21)28-23-14-11-19-7-5-6-8-22(19)27(23)32-31-33(28)30(34)26(39-31)17-18-15-24(36-2)29(38-4)25(16-18)37-3/h5-10,12-13,15-17,28H,11,14H2,1-4H3/b26-17+. The highest BCUT2D eigenvalue weighted by Gasteiger charge is 2.32. The molecule has 0 radical (unpaired) electrons. The first-order valence-electron chi connectivity index (χ1n) is 12.6.